The average molecular weight is 232 g/mol. The van der Waals surface area contributed by atoms with Crippen molar-refractivity contribution in [2.45, 2.75) is 6.42 Å². The maximum absolute atomic E-state index is 11.7. The van der Waals surface area contributed by atoms with Gasteiger partial charge >= 0.3 is 0 Å². The molecule has 0 fully saturated rings. The smallest absolute Gasteiger partial charge is 0.236 e. The Kier molecular flexibility index (Phi) is 6.04. The molecule has 1 amide bonds. The van der Waals surface area contributed by atoms with Gasteiger partial charge in [-0.25, -0.2) is 0 Å². The zero-order valence-corrected chi connectivity index (χ0v) is 10.4. The van der Waals surface area contributed by atoms with E-state index in [1.54, 1.807) is 11.0 Å². The fraction of sp³-hybridized carbons (Fsp3) is 0.357. The van der Waals surface area contributed by atoms with Gasteiger partial charge in [0, 0.05) is 20.1 Å². The highest BCUT2D eigenvalue weighted by molar-refractivity contribution is 5.77. The van der Waals surface area contributed by atoms with Gasteiger partial charge in [-0.15, -0.1) is 6.58 Å². The fourth-order valence-corrected chi connectivity index (χ4v) is 1.48. The SMILES string of the molecule is C=CCNCC(=O)N(C)CCc1ccccc1. The van der Waals surface area contributed by atoms with Crippen molar-refractivity contribution in [1.29, 1.82) is 0 Å². The molecule has 0 unspecified atom stereocenters. The summed E-state index contributed by atoms with van der Waals surface area (Å²) in [6.45, 7) is 5.38. The maximum Gasteiger partial charge on any atom is 0.236 e. The zero-order valence-electron chi connectivity index (χ0n) is 10.4. The van der Waals surface area contributed by atoms with Gasteiger partial charge in [-0.3, -0.25) is 4.79 Å². The molecule has 92 valence electrons. The van der Waals surface area contributed by atoms with Gasteiger partial charge in [0.25, 0.3) is 0 Å². The first kappa shape index (κ1) is 13.5. The lowest BCUT2D eigenvalue weighted by Gasteiger charge is -2.17. The topological polar surface area (TPSA) is 32.3 Å². The predicted molar refractivity (Wildman–Crippen MR) is 70.8 cm³/mol. The Bertz CT molecular complexity index is 348. The Balaban J connectivity index is 2.26. The summed E-state index contributed by atoms with van der Waals surface area (Å²) < 4.78 is 0. The van der Waals surface area contributed by atoms with Gasteiger partial charge in [0.1, 0.15) is 0 Å². The minimum atomic E-state index is 0.114. The largest absolute Gasteiger partial charge is 0.344 e. The molecule has 1 aromatic carbocycles. The van der Waals surface area contributed by atoms with Crippen molar-refractivity contribution < 1.29 is 4.79 Å². The van der Waals surface area contributed by atoms with E-state index in [0.29, 0.717) is 13.1 Å². The summed E-state index contributed by atoms with van der Waals surface area (Å²) in [5.41, 5.74) is 1.26. The Morgan fingerprint density at radius 1 is 1.41 bits per heavy atom. The monoisotopic (exact) mass is 232 g/mol. The van der Waals surface area contributed by atoms with Gasteiger partial charge in [0.2, 0.25) is 5.91 Å². The molecule has 0 saturated carbocycles. The first-order valence-electron chi connectivity index (χ1n) is 5.83. The third-order valence-corrected chi connectivity index (χ3v) is 2.57. The van der Waals surface area contributed by atoms with Gasteiger partial charge < -0.3 is 10.2 Å². The van der Waals surface area contributed by atoms with Gasteiger partial charge in [-0.1, -0.05) is 36.4 Å². The number of nitrogens with one attached hydrogen (secondary N) is 1. The molecule has 1 aromatic rings. The van der Waals surface area contributed by atoms with E-state index in [0.717, 1.165) is 13.0 Å². The minimum absolute atomic E-state index is 0.114. The number of hydrogen-bond acceptors (Lipinski definition) is 2. The summed E-state index contributed by atoms with van der Waals surface area (Å²) in [7, 11) is 1.83. The Hall–Kier alpha value is -1.61. The van der Waals surface area contributed by atoms with E-state index in [-0.39, 0.29) is 5.91 Å². The van der Waals surface area contributed by atoms with Gasteiger partial charge in [0.15, 0.2) is 0 Å². The van der Waals surface area contributed by atoms with Crippen LogP contribution in [0.1, 0.15) is 5.56 Å². The summed E-state index contributed by atoms with van der Waals surface area (Å²) in [6, 6.07) is 10.2. The molecule has 1 rings (SSSR count). The Morgan fingerprint density at radius 2 is 2.12 bits per heavy atom. The molecule has 0 aliphatic carbocycles. The summed E-state index contributed by atoms with van der Waals surface area (Å²) in [6.07, 6.45) is 2.64. The molecule has 0 aromatic heterocycles. The number of likely N-dealkylation sites (N-methyl/N-ethyl adjacent to an activating group) is 1. The number of benzene rings is 1. The van der Waals surface area contributed by atoms with E-state index in [1.165, 1.54) is 5.56 Å². The normalized spacial score (nSPS) is 9.94. The third-order valence-electron chi connectivity index (χ3n) is 2.57. The van der Waals surface area contributed by atoms with Gasteiger partial charge in [-0.2, -0.15) is 0 Å². The van der Waals surface area contributed by atoms with Crippen molar-refractivity contribution >= 4 is 5.91 Å². The van der Waals surface area contributed by atoms with Gasteiger partial charge in [-0.05, 0) is 12.0 Å². The standard InChI is InChI=1S/C14H20N2O/c1-3-10-15-12-14(17)16(2)11-9-13-7-5-4-6-8-13/h3-8,15H,1,9-12H2,2H3. The van der Waals surface area contributed by atoms with Crippen molar-refractivity contribution in [1.82, 2.24) is 10.2 Å². The number of amides is 1. The summed E-state index contributed by atoms with van der Waals surface area (Å²) in [5.74, 6) is 0.114. The lowest BCUT2D eigenvalue weighted by Crippen LogP contribution is -2.36. The second-order valence-corrected chi connectivity index (χ2v) is 3.97. The molecule has 0 atom stereocenters. The van der Waals surface area contributed by atoms with E-state index in [1.807, 2.05) is 25.2 Å². The van der Waals surface area contributed by atoms with Crippen LogP contribution in [-0.2, 0) is 11.2 Å². The van der Waals surface area contributed by atoms with Crippen molar-refractivity contribution in [3.05, 3.63) is 48.6 Å². The molecule has 0 bridgehead atoms. The molecular weight excluding hydrogens is 212 g/mol. The van der Waals surface area contributed by atoms with Crippen molar-refractivity contribution in [3.8, 4) is 0 Å². The highest BCUT2D eigenvalue weighted by Gasteiger charge is 2.07. The summed E-state index contributed by atoms with van der Waals surface area (Å²) in [5, 5.41) is 3.00. The summed E-state index contributed by atoms with van der Waals surface area (Å²) in [4.78, 5) is 13.4. The highest BCUT2D eigenvalue weighted by atomic mass is 16.2. The second kappa shape index (κ2) is 7.63. The van der Waals surface area contributed by atoms with Gasteiger partial charge in [0.05, 0.1) is 6.54 Å². The molecular formula is C14H20N2O. The van der Waals surface area contributed by atoms with Crippen LogP contribution in [-0.4, -0.2) is 37.5 Å². The molecule has 17 heavy (non-hydrogen) atoms. The van der Waals surface area contributed by atoms with Crippen molar-refractivity contribution in [2.24, 2.45) is 0 Å². The van der Waals surface area contributed by atoms with Crippen LogP contribution in [0.2, 0.25) is 0 Å². The molecule has 1 N–H and O–H groups in total. The molecule has 0 aliphatic rings. The Morgan fingerprint density at radius 3 is 2.76 bits per heavy atom. The van der Waals surface area contributed by atoms with E-state index >= 15 is 0 Å². The number of carbonyl (C=O) groups excluding carboxylic acids is 1. The van der Waals surface area contributed by atoms with Crippen LogP contribution in [0.25, 0.3) is 0 Å². The zero-order chi connectivity index (χ0) is 12.5. The molecule has 0 heterocycles. The van der Waals surface area contributed by atoms with E-state index in [9.17, 15) is 4.79 Å². The lowest BCUT2D eigenvalue weighted by molar-refractivity contribution is -0.128. The van der Waals surface area contributed by atoms with Crippen LogP contribution in [0, 0.1) is 0 Å². The predicted octanol–water partition coefficient (Wildman–Crippen LogP) is 1.46. The molecule has 3 nitrogen and oxygen atoms in total. The number of rotatable bonds is 7. The van der Waals surface area contributed by atoms with Crippen LogP contribution in [0.5, 0.6) is 0 Å². The maximum atomic E-state index is 11.7. The van der Waals surface area contributed by atoms with Crippen LogP contribution in [0.3, 0.4) is 0 Å². The molecule has 0 spiro atoms. The first-order chi connectivity index (χ1) is 8.24. The highest BCUT2D eigenvalue weighted by Crippen LogP contribution is 2.00. The molecule has 3 heteroatoms. The first-order valence-corrected chi connectivity index (χ1v) is 5.83. The number of hydrogen-bond donors (Lipinski definition) is 1. The van der Waals surface area contributed by atoms with E-state index in [4.69, 9.17) is 0 Å². The third kappa shape index (κ3) is 5.31. The number of carbonyl (C=O) groups is 1. The quantitative estimate of drug-likeness (QED) is 0.570. The Labute approximate surface area is 103 Å². The van der Waals surface area contributed by atoms with Crippen LogP contribution < -0.4 is 5.32 Å². The molecule has 0 saturated heterocycles. The van der Waals surface area contributed by atoms with Crippen LogP contribution in [0.15, 0.2) is 43.0 Å². The van der Waals surface area contributed by atoms with Crippen molar-refractivity contribution in [2.75, 3.05) is 26.7 Å². The van der Waals surface area contributed by atoms with Crippen LogP contribution in [0.4, 0.5) is 0 Å². The van der Waals surface area contributed by atoms with E-state index in [2.05, 4.69) is 24.0 Å². The summed E-state index contributed by atoms with van der Waals surface area (Å²) >= 11 is 0. The number of nitrogens with zero attached hydrogens (tertiary/aromatic N) is 1. The van der Waals surface area contributed by atoms with E-state index < -0.39 is 0 Å². The average Bonchev–Trinajstić information content (AvgIpc) is 2.37. The molecule has 0 aliphatic heterocycles. The fourth-order valence-electron chi connectivity index (χ4n) is 1.48. The minimum Gasteiger partial charge on any atom is -0.344 e. The van der Waals surface area contributed by atoms with Crippen LogP contribution >= 0.6 is 0 Å². The van der Waals surface area contributed by atoms with Crippen molar-refractivity contribution in [3.63, 3.8) is 0 Å². The second-order valence-electron chi connectivity index (χ2n) is 3.97. The lowest BCUT2D eigenvalue weighted by atomic mass is 10.1. The molecule has 0 radical (unpaired) electrons.